The summed E-state index contributed by atoms with van der Waals surface area (Å²) >= 11 is 5.94. The zero-order valence-electron chi connectivity index (χ0n) is 17.9. The molecule has 164 valence electrons. The molecular weight excluding hydrogens is 438 g/mol. The maximum Gasteiger partial charge on any atom is 0.261 e. The topological polar surface area (TPSA) is 74.8 Å². The van der Waals surface area contributed by atoms with Crippen molar-refractivity contribution in [1.29, 1.82) is 0 Å². The highest BCUT2D eigenvalue weighted by Crippen LogP contribution is 2.24. The third-order valence-electron chi connectivity index (χ3n) is 5.42. The van der Waals surface area contributed by atoms with Gasteiger partial charge in [-0.25, -0.2) is 9.67 Å². The van der Waals surface area contributed by atoms with Crippen LogP contribution in [0.1, 0.15) is 11.3 Å². The van der Waals surface area contributed by atoms with Crippen LogP contribution in [0.5, 0.6) is 5.75 Å². The lowest BCUT2D eigenvalue weighted by Crippen LogP contribution is -2.21. The largest absolute Gasteiger partial charge is 0.497 e. The maximum atomic E-state index is 13.2. The second kappa shape index (κ2) is 8.88. The summed E-state index contributed by atoms with van der Waals surface area (Å²) in [6.45, 7) is 0.857. The minimum atomic E-state index is -0.123. The van der Waals surface area contributed by atoms with E-state index in [1.165, 1.54) is 0 Å². The number of hydrogen-bond acceptors (Lipinski definition) is 5. The molecule has 8 heteroatoms. The lowest BCUT2D eigenvalue weighted by Gasteiger charge is -2.07. The molecule has 2 heterocycles. The molecule has 0 spiro atoms. The lowest BCUT2D eigenvalue weighted by atomic mass is 10.0. The summed E-state index contributed by atoms with van der Waals surface area (Å²) in [5, 5.41) is 9.64. The van der Waals surface area contributed by atoms with Gasteiger partial charge in [0.1, 0.15) is 11.4 Å². The van der Waals surface area contributed by atoms with Crippen LogP contribution in [0, 0.1) is 0 Å². The Morgan fingerprint density at radius 1 is 0.939 bits per heavy atom. The van der Waals surface area contributed by atoms with Crippen LogP contribution in [0.3, 0.4) is 0 Å². The van der Waals surface area contributed by atoms with Gasteiger partial charge in [0.05, 0.1) is 43.6 Å². The predicted molar refractivity (Wildman–Crippen MR) is 128 cm³/mol. The summed E-state index contributed by atoms with van der Waals surface area (Å²) in [5.41, 5.74) is 4.21. The van der Waals surface area contributed by atoms with Gasteiger partial charge in [-0.05, 0) is 53.1 Å². The van der Waals surface area contributed by atoms with Crippen LogP contribution in [0.2, 0.25) is 5.02 Å². The van der Waals surface area contributed by atoms with Crippen LogP contribution in [0.4, 0.5) is 0 Å². The Bertz CT molecular complexity index is 1470. The van der Waals surface area contributed by atoms with Crippen LogP contribution in [-0.2, 0) is 13.1 Å². The molecule has 0 saturated heterocycles. The third kappa shape index (κ3) is 4.49. The molecule has 0 unspecified atom stereocenters. The van der Waals surface area contributed by atoms with Gasteiger partial charge in [-0.15, -0.1) is 5.10 Å². The van der Waals surface area contributed by atoms with Gasteiger partial charge in [0.25, 0.3) is 5.56 Å². The molecule has 3 aromatic carbocycles. The van der Waals surface area contributed by atoms with Crippen LogP contribution < -0.4 is 10.3 Å². The summed E-state index contributed by atoms with van der Waals surface area (Å²) < 4.78 is 8.51. The molecule has 0 bridgehead atoms. The number of methoxy groups -OCH3 is 1. The van der Waals surface area contributed by atoms with Crippen molar-refractivity contribution in [1.82, 2.24) is 24.5 Å². The van der Waals surface area contributed by atoms with Crippen molar-refractivity contribution in [3.63, 3.8) is 0 Å². The van der Waals surface area contributed by atoms with Crippen molar-refractivity contribution in [2.45, 2.75) is 13.1 Å². The number of rotatable bonds is 6. The normalized spacial score (nSPS) is 11.1. The minimum absolute atomic E-state index is 0.123. The van der Waals surface area contributed by atoms with Crippen molar-refractivity contribution in [2.75, 3.05) is 7.11 Å². The van der Waals surface area contributed by atoms with Crippen molar-refractivity contribution in [3.05, 3.63) is 106 Å². The molecule has 0 atom stereocenters. The summed E-state index contributed by atoms with van der Waals surface area (Å²) in [5.74, 6) is 0.785. The van der Waals surface area contributed by atoms with Crippen molar-refractivity contribution < 1.29 is 4.74 Å². The standard InChI is InChI=1S/C25H20ClN5O2/c1-33-22-9-4-18(5-10-22)19-6-11-24-23(12-19)25(32)30(16-27-24)14-21-15-31(29-28-21)13-17-2-7-20(26)8-3-17/h2-12,15-16H,13-14H2,1H3. The Morgan fingerprint density at radius 3 is 2.45 bits per heavy atom. The number of nitrogens with zero attached hydrogens (tertiary/aromatic N) is 5. The van der Waals surface area contributed by atoms with Crippen molar-refractivity contribution >= 4 is 22.5 Å². The van der Waals surface area contributed by atoms with E-state index < -0.39 is 0 Å². The van der Waals surface area contributed by atoms with Gasteiger partial charge in [-0.2, -0.15) is 0 Å². The number of hydrogen-bond donors (Lipinski definition) is 0. The quantitative estimate of drug-likeness (QED) is 0.377. The van der Waals surface area contributed by atoms with E-state index in [0.717, 1.165) is 22.4 Å². The molecule has 0 N–H and O–H groups in total. The SMILES string of the molecule is COc1ccc(-c2ccc3ncn(Cc4cn(Cc5ccc(Cl)cc5)nn4)c(=O)c3c2)cc1. The first-order valence-electron chi connectivity index (χ1n) is 10.4. The molecule has 5 aromatic rings. The van der Waals surface area contributed by atoms with Gasteiger partial charge in [0.2, 0.25) is 0 Å². The molecule has 0 aliphatic rings. The first-order valence-corrected chi connectivity index (χ1v) is 10.7. The summed E-state index contributed by atoms with van der Waals surface area (Å²) in [7, 11) is 1.63. The number of benzene rings is 3. The number of ether oxygens (including phenoxy) is 1. The van der Waals surface area contributed by atoms with Gasteiger partial charge in [-0.3, -0.25) is 9.36 Å². The number of fused-ring (bicyclic) bond motifs is 1. The first-order chi connectivity index (χ1) is 16.1. The zero-order valence-corrected chi connectivity index (χ0v) is 18.6. The molecule has 7 nitrogen and oxygen atoms in total. The molecule has 0 radical (unpaired) electrons. The molecule has 0 aliphatic carbocycles. The van der Waals surface area contributed by atoms with Crippen LogP contribution >= 0.6 is 11.6 Å². The van der Waals surface area contributed by atoms with E-state index in [-0.39, 0.29) is 12.1 Å². The monoisotopic (exact) mass is 457 g/mol. The van der Waals surface area contributed by atoms with Crippen LogP contribution in [0.25, 0.3) is 22.0 Å². The Balaban J connectivity index is 1.40. The van der Waals surface area contributed by atoms with Crippen molar-refractivity contribution in [3.8, 4) is 16.9 Å². The smallest absolute Gasteiger partial charge is 0.261 e. The molecule has 2 aromatic heterocycles. The molecule has 5 rings (SSSR count). The van der Waals surface area contributed by atoms with Gasteiger partial charge >= 0.3 is 0 Å². The highest BCUT2D eigenvalue weighted by molar-refractivity contribution is 6.30. The van der Waals surface area contributed by atoms with E-state index in [1.807, 2.05) is 72.9 Å². The second-order valence-electron chi connectivity index (χ2n) is 7.67. The average molecular weight is 458 g/mol. The molecular formula is C25H20ClN5O2. The highest BCUT2D eigenvalue weighted by Gasteiger charge is 2.09. The van der Waals surface area contributed by atoms with Gasteiger partial charge < -0.3 is 4.74 Å². The van der Waals surface area contributed by atoms with Crippen LogP contribution in [0.15, 0.2) is 84.0 Å². The minimum Gasteiger partial charge on any atom is -0.497 e. The van der Waals surface area contributed by atoms with E-state index in [9.17, 15) is 4.79 Å². The summed E-state index contributed by atoms with van der Waals surface area (Å²) in [6, 6.07) is 21.0. The number of aromatic nitrogens is 5. The third-order valence-corrected chi connectivity index (χ3v) is 5.68. The van der Waals surface area contributed by atoms with Gasteiger partial charge in [0, 0.05) is 5.02 Å². The Kier molecular flexibility index (Phi) is 5.62. The van der Waals surface area contributed by atoms with E-state index in [0.29, 0.717) is 28.2 Å². The molecule has 0 amide bonds. The Morgan fingerprint density at radius 2 is 1.70 bits per heavy atom. The molecule has 0 fully saturated rings. The lowest BCUT2D eigenvalue weighted by molar-refractivity contribution is 0.415. The fourth-order valence-corrected chi connectivity index (χ4v) is 3.80. The molecule has 0 saturated carbocycles. The van der Waals surface area contributed by atoms with Crippen LogP contribution in [-0.4, -0.2) is 31.7 Å². The highest BCUT2D eigenvalue weighted by atomic mass is 35.5. The predicted octanol–water partition coefficient (Wildman–Crippen LogP) is 4.41. The maximum absolute atomic E-state index is 13.2. The van der Waals surface area contributed by atoms with E-state index >= 15 is 0 Å². The summed E-state index contributed by atoms with van der Waals surface area (Å²) in [6.07, 6.45) is 3.38. The second-order valence-corrected chi connectivity index (χ2v) is 8.11. The zero-order chi connectivity index (χ0) is 22.8. The average Bonchev–Trinajstić information content (AvgIpc) is 3.29. The van der Waals surface area contributed by atoms with Gasteiger partial charge in [-0.1, -0.05) is 47.1 Å². The van der Waals surface area contributed by atoms with Gasteiger partial charge in [0.15, 0.2) is 0 Å². The Labute approximate surface area is 194 Å². The summed E-state index contributed by atoms with van der Waals surface area (Å²) in [4.78, 5) is 17.6. The number of halogens is 1. The fraction of sp³-hybridized carbons (Fsp3) is 0.120. The van der Waals surface area contributed by atoms with E-state index in [4.69, 9.17) is 16.3 Å². The first kappa shape index (κ1) is 20.9. The Hall–Kier alpha value is -3.97. The molecule has 33 heavy (non-hydrogen) atoms. The van der Waals surface area contributed by atoms with E-state index in [1.54, 1.807) is 22.7 Å². The van der Waals surface area contributed by atoms with Crippen molar-refractivity contribution in [2.24, 2.45) is 0 Å². The molecule has 0 aliphatic heterocycles. The van der Waals surface area contributed by atoms with E-state index in [2.05, 4.69) is 15.3 Å². The fourth-order valence-electron chi connectivity index (χ4n) is 3.67.